The number of rotatable bonds is 0. The van der Waals surface area contributed by atoms with Gasteiger partial charge < -0.3 is 10.1 Å². The average molecular weight is 396 g/mol. The van der Waals surface area contributed by atoms with Crippen molar-refractivity contribution in [1.82, 2.24) is 26.0 Å². The first-order valence-electron chi connectivity index (χ1n) is 11.5. The predicted octanol–water partition coefficient (Wildman–Crippen LogP) is 1.44. The Morgan fingerprint density at radius 2 is 2.00 bits per heavy atom. The Morgan fingerprint density at radius 1 is 1.11 bits per heavy atom. The van der Waals surface area contributed by atoms with Crippen molar-refractivity contribution in [2.45, 2.75) is 89.1 Å². The molecule has 0 spiro atoms. The molecule has 0 aromatic rings. The molecule has 4 heterocycles. The zero-order valence-electron chi connectivity index (χ0n) is 17.5. The van der Waals surface area contributed by atoms with Gasteiger partial charge >= 0.3 is 0 Å². The van der Waals surface area contributed by atoms with Crippen molar-refractivity contribution in [3.63, 3.8) is 0 Å². The van der Waals surface area contributed by atoms with E-state index in [9.17, 15) is 4.39 Å². The minimum atomic E-state index is -0.657. The second kappa shape index (κ2) is 7.75. The molecule has 4 saturated heterocycles. The van der Waals surface area contributed by atoms with Gasteiger partial charge in [0, 0.05) is 37.0 Å². The third-order valence-electron chi connectivity index (χ3n) is 7.78. The zero-order valence-corrected chi connectivity index (χ0v) is 17.5. The summed E-state index contributed by atoms with van der Waals surface area (Å²) in [6.45, 7) is 9.43. The van der Waals surface area contributed by atoms with Crippen molar-refractivity contribution < 1.29 is 9.13 Å². The van der Waals surface area contributed by atoms with Gasteiger partial charge in [-0.05, 0) is 45.1 Å². The summed E-state index contributed by atoms with van der Waals surface area (Å²) in [6, 6.07) is 0.860. The highest BCUT2D eigenvalue weighted by atomic mass is 19.1. The van der Waals surface area contributed by atoms with Crippen LogP contribution in [0.25, 0.3) is 0 Å². The molecule has 6 unspecified atom stereocenters. The highest BCUT2D eigenvalue weighted by Crippen LogP contribution is 2.39. The molecule has 6 nitrogen and oxygen atoms in total. The molecule has 0 aromatic carbocycles. The van der Waals surface area contributed by atoms with E-state index in [1.54, 1.807) is 0 Å². The maximum absolute atomic E-state index is 14.4. The highest BCUT2D eigenvalue weighted by Gasteiger charge is 2.47. The Hall–Kier alpha value is -0.310. The first kappa shape index (κ1) is 19.6. The Balaban J connectivity index is 1.43. The van der Waals surface area contributed by atoms with Crippen molar-refractivity contribution in [3.05, 3.63) is 0 Å². The second-order valence-electron chi connectivity index (χ2n) is 10.5. The lowest BCUT2D eigenvalue weighted by Gasteiger charge is -2.46. The topological polar surface area (TPSA) is 51.8 Å². The van der Waals surface area contributed by atoms with Crippen molar-refractivity contribution in [1.29, 1.82) is 0 Å². The minimum absolute atomic E-state index is 0.0714. The predicted molar refractivity (Wildman–Crippen MR) is 107 cm³/mol. The van der Waals surface area contributed by atoms with Gasteiger partial charge in [0.1, 0.15) is 6.17 Å². The van der Waals surface area contributed by atoms with Crippen LogP contribution in [0.15, 0.2) is 0 Å². The third kappa shape index (κ3) is 3.74. The molecule has 2 bridgehead atoms. The number of ether oxygens (including phenoxy) is 1. The summed E-state index contributed by atoms with van der Waals surface area (Å²) in [7, 11) is 0. The SMILES string of the molecule is CC1(C)CNC2CNN3CCC(NC23)N2CCC[C@H]2C2CC(F)CCC2OC1. The molecule has 7 heteroatoms. The lowest BCUT2D eigenvalue weighted by atomic mass is 9.79. The standard InChI is InChI=1S/C21H38FN5O/c1-21(2)12-23-16-11-24-27-9-7-19(25-20(16)27)26-8-3-4-17(26)15-10-14(22)5-6-18(15)28-13-21/h14-20,23-25H,3-13H2,1-2H3/t14?,15?,16?,17-,18?,19?,20?/m0/s1. The molecule has 7 atom stereocenters. The van der Waals surface area contributed by atoms with Gasteiger partial charge in [0.05, 0.1) is 31.1 Å². The van der Waals surface area contributed by atoms with Gasteiger partial charge in [0.25, 0.3) is 0 Å². The monoisotopic (exact) mass is 395 g/mol. The van der Waals surface area contributed by atoms with Gasteiger partial charge in [0.15, 0.2) is 0 Å². The molecule has 28 heavy (non-hydrogen) atoms. The van der Waals surface area contributed by atoms with E-state index in [0.717, 1.165) is 45.6 Å². The van der Waals surface area contributed by atoms with Crippen molar-refractivity contribution >= 4 is 0 Å². The molecule has 0 aromatic heterocycles. The van der Waals surface area contributed by atoms with Crippen molar-refractivity contribution in [2.24, 2.45) is 11.3 Å². The van der Waals surface area contributed by atoms with E-state index in [0.29, 0.717) is 43.2 Å². The second-order valence-corrected chi connectivity index (χ2v) is 10.5. The average Bonchev–Trinajstić information content (AvgIpc) is 3.31. The molecule has 4 aliphatic heterocycles. The van der Waals surface area contributed by atoms with Crippen LogP contribution in [0.1, 0.15) is 52.4 Å². The summed E-state index contributed by atoms with van der Waals surface area (Å²) in [5, 5.41) is 10.1. The van der Waals surface area contributed by atoms with E-state index in [1.165, 1.54) is 12.8 Å². The van der Waals surface area contributed by atoms with Gasteiger partial charge in [-0.1, -0.05) is 13.8 Å². The molecule has 160 valence electrons. The first-order valence-corrected chi connectivity index (χ1v) is 11.5. The van der Waals surface area contributed by atoms with Crippen molar-refractivity contribution in [3.8, 4) is 0 Å². The Morgan fingerprint density at radius 3 is 2.89 bits per heavy atom. The number of hydrogen-bond donors (Lipinski definition) is 3. The van der Waals surface area contributed by atoms with E-state index in [-0.39, 0.29) is 11.5 Å². The number of halogens is 1. The van der Waals surface area contributed by atoms with Gasteiger partial charge in [-0.3, -0.25) is 15.6 Å². The Kier molecular flexibility index (Phi) is 5.43. The number of nitrogens with zero attached hydrogens (tertiary/aromatic N) is 2. The quantitative estimate of drug-likeness (QED) is 0.577. The highest BCUT2D eigenvalue weighted by molar-refractivity contribution is 5.00. The number of fused-ring (bicyclic) bond motifs is 5. The van der Waals surface area contributed by atoms with Crippen LogP contribution in [0.3, 0.4) is 0 Å². The normalized spacial score (nSPS) is 47.5. The Bertz CT molecular complexity index is 563. The third-order valence-corrected chi connectivity index (χ3v) is 7.78. The lowest BCUT2D eigenvalue weighted by Crippen LogP contribution is -2.65. The summed E-state index contributed by atoms with van der Waals surface area (Å²) < 4.78 is 21.0. The minimum Gasteiger partial charge on any atom is -0.377 e. The molecule has 5 fully saturated rings. The van der Waals surface area contributed by atoms with Gasteiger partial charge in [-0.15, -0.1) is 0 Å². The van der Waals surface area contributed by atoms with E-state index in [1.807, 2.05) is 0 Å². The number of nitrogens with one attached hydrogen (secondary N) is 3. The first-order chi connectivity index (χ1) is 13.5. The fourth-order valence-corrected chi connectivity index (χ4v) is 6.24. The van der Waals surface area contributed by atoms with Crippen molar-refractivity contribution in [2.75, 3.05) is 32.8 Å². The summed E-state index contributed by atoms with van der Waals surface area (Å²) in [5.74, 6) is 0.327. The smallest absolute Gasteiger partial charge is 0.101 e. The number of hydrogen-bond acceptors (Lipinski definition) is 6. The molecular formula is C21H38FN5O. The van der Waals surface area contributed by atoms with Crippen LogP contribution in [0, 0.1) is 11.3 Å². The molecule has 1 saturated carbocycles. The molecule has 3 N–H and O–H groups in total. The molecular weight excluding hydrogens is 357 g/mol. The molecule has 0 amide bonds. The van der Waals surface area contributed by atoms with Crippen LogP contribution in [0.2, 0.25) is 0 Å². The fraction of sp³-hybridized carbons (Fsp3) is 1.00. The molecule has 1 aliphatic carbocycles. The van der Waals surface area contributed by atoms with Gasteiger partial charge in [-0.25, -0.2) is 9.40 Å². The summed E-state index contributed by atoms with van der Waals surface area (Å²) in [6.07, 6.45) is 6.03. The summed E-state index contributed by atoms with van der Waals surface area (Å²) in [4.78, 5) is 2.68. The lowest BCUT2D eigenvalue weighted by molar-refractivity contribution is -0.0827. The van der Waals surface area contributed by atoms with Gasteiger partial charge in [-0.2, -0.15) is 0 Å². The van der Waals surface area contributed by atoms with Crippen LogP contribution in [-0.4, -0.2) is 79.4 Å². The van der Waals surface area contributed by atoms with Gasteiger partial charge in [0.2, 0.25) is 0 Å². The van der Waals surface area contributed by atoms with E-state index in [2.05, 4.69) is 39.8 Å². The number of alkyl halides is 1. The maximum Gasteiger partial charge on any atom is 0.101 e. The van der Waals surface area contributed by atoms with Crippen LogP contribution in [-0.2, 0) is 4.74 Å². The molecule has 0 radical (unpaired) electrons. The largest absolute Gasteiger partial charge is 0.377 e. The summed E-state index contributed by atoms with van der Waals surface area (Å²) in [5.41, 5.74) is 3.64. The van der Waals surface area contributed by atoms with E-state index >= 15 is 0 Å². The van der Waals surface area contributed by atoms with E-state index < -0.39 is 6.17 Å². The molecule has 5 rings (SSSR count). The zero-order chi connectivity index (χ0) is 19.3. The summed E-state index contributed by atoms with van der Waals surface area (Å²) >= 11 is 0. The van der Waals surface area contributed by atoms with Crippen LogP contribution < -0.4 is 16.1 Å². The Labute approximate surface area is 168 Å². The number of hydrazine groups is 1. The van der Waals surface area contributed by atoms with Crippen LogP contribution in [0.5, 0.6) is 0 Å². The van der Waals surface area contributed by atoms with E-state index in [4.69, 9.17) is 4.74 Å². The fourth-order valence-electron chi connectivity index (χ4n) is 6.24. The molecule has 5 aliphatic rings. The van der Waals surface area contributed by atoms with Crippen LogP contribution in [0.4, 0.5) is 4.39 Å². The van der Waals surface area contributed by atoms with Crippen LogP contribution >= 0.6 is 0 Å². The maximum atomic E-state index is 14.4.